The summed E-state index contributed by atoms with van der Waals surface area (Å²) in [4.78, 5) is 0. The van der Waals surface area contributed by atoms with E-state index in [0.717, 1.165) is 24.2 Å². The summed E-state index contributed by atoms with van der Waals surface area (Å²) in [5, 5.41) is 0. The first-order chi connectivity index (χ1) is 13.8. The van der Waals surface area contributed by atoms with Crippen molar-refractivity contribution in [2.45, 2.75) is 90.9 Å². The topological polar surface area (TPSA) is 0 Å². The zero-order chi connectivity index (χ0) is 19.6. The van der Waals surface area contributed by atoms with Gasteiger partial charge in [-0.3, -0.25) is 0 Å². The van der Waals surface area contributed by atoms with Gasteiger partial charge in [-0.05, 0) is 80.4 Å². The summed E-state index contributed by atoms with van der Waals surface area (Å²) < 4.78 is 0. The predicted molar refractivity (Wildman–Crippen MR) is 123 cm³/mol. The maximum Gasteiger partial charge on any atom is 0.0245 e. The van der Waals surface area contributed by atoms with E-state index in [1.165, 1.54) is 81.8 Å². The van der Waals surface area contributed by atoms with Crippen molar-refractivity contribution in [2.24, 2.45) is 23.7 Å². The fourth-order valence-electron chi connectivity index (χ4n) is 5.34. The van der Waals surface area contributed by atoms with Crippen molar-refractivity contribution >= 4 is 6.08 Å². The Bertz CT molecular complexity index is 638. The van der Waals surface area contributed by atoms with E-state index in [1.807, 2.05) is 0 Å². The van der Waals surface area contributed by atoms with Crippen molar-refractivity contribution in [3.63, 3.8) is 0 Å². The highest BCUT2D eigenvalue weighted by atomic mass is 14.3. The van der Waals surface area contributed by atoms with Gasteiger partial charge >= 0.3 is 0 Å². The van der Waals surface area contributed by atoms with Crippen LogP contribution in [-0.2, 0) is 0 Å². The second-order valence-electron chi connectivity index (χ2n) is 9.26. The minimum atomic E-state index is 0.622. The summed E-state index contributed by atoms with van der Waals surface area (Å²) in [6.07, 6.45) is 21.2. The van der Waals surface area contributed by atoms with Crippen molar-refractivity contribution < 1.29 is 0 Å². The van der Waals surface area contributed by atoms with Gasteiger partial charge in [0.15, 0.2) is 0 Å². The minimum absolute atomic E-state index is 0.622. The molecule has 3 rings (SSSR count). The number of hydrogen-bond acceptors (Lipinski definition) is 0. The van der Waals surface area contributed by atoms with Crippen LogP contribution in [0.1, 0.15) is 102 Å². The molecule has 0 heteroatoms. The van der Waals surface area contributed by atoms with Crippen LogP contribution in [0.3, 0.4) is 0 Å². The van der Waals surface area contributed by atoms with E-state index in [9.17, 15) is 0 Å². The lowest BCUT2D eigenvalue weighted by Gasteiger charge is -2.37. The Hall–Kier alpha value is -1.48. The van der Waals surface area contributed by atoms with Crippen LogP contribution in [0, 0.1) is 35.5 Å². The minimum Gasteiger partial charge on any atom is -0.0945 e. The third-order valence-electron chi connectivity index (χ3n) is 7.12. The molecule has 152 valence electrons. The molecule has 0 saturated heterocycles. The monoisotopic (exact) mass is 376 g/mol. The van der Waals surface area contributed by atoms with Crippen LogP contribution in [0.4, 0.5) is 0 Å². The van der Waals surface area contributed by atoms with E-state index >= 15 is 0 Å². The molecule has 0 atom stereocenters. The van der Waals surface area contributed by atoms with Crippen LogP contribution in [0.25, 0.3) is 6.08 Å². The van der Waals surface area contributed by atoms with Crippen molar-refractivity contribution in [2.75, 3.05) is 0 Å². The quantitative estimate of drug-likeness (QED) is 0.438. The van der Waals surface area contributed by atoms with Gasteiger partial charge in [-0.25, -0.2) is 0 Å². The smallest absolute Gasteiger partial charge is 0.0245 e. The van der Waals surface area contributed by atoms with Crippen LogP contribution in [-0.4, -0.2) is 0 Å². The molecular weight excluding hydrogens is 336 g/mol. The lowest BCUT2D eigenvalue weighted by Crippen LogP contribution is -2.25. The number of allylic oxidation sites excluding steroid dienone is 1. The standard InChI is InChI=1S/C28H40/c1-3-5-6-8-24-9-11-25(12-10-24)13-14-26-17-21-28(22-18-26)27-19-15-23(7-4-2)16-20-27/h6,8-12,23,26-28H,3-5,7,15-22H2,1-2H3/b8-6+. The molecular formula is C28H40. The molecule has 2 aliphatic rings. The molecule has 0 nitrogen and oxygen atoms in total. The summed E-state index contributed by atoms with van der Waals surface area (Å²) in [6.45, 7) is 4.56. The summed E-state index contributed by atoms with van der Waals surface area (Å²) in [5.41, 5.74) is 2.46. The van der Waals surface area contributed by atoms with E-state index in [2.05, 4.69) is 62.1 Å². The number of rotatable bonds is 6. The maximum atomic E-state index is 3.59. The Balaban J connectivity index is 1.42. The van der Waals surface area contributed by atoms with Crippen LogP contribution in [0.2, 0.25) is 0 Å². The molecule has 2 aliphatic carbocycles. The first-order valence-electron chi connectivity index (χ1n) is 12.1. The van der Waals surface area contributed by atoms with Gasteiger partial charge in [-0.1, -0.05) is 82.1 Å². The van der Waals surface area contributed by atoms with E-state index < -0.39 is 0 Å². The van der Waals surface area contributed by atoms with Gasteiger partial charge in [0.25, 0.3) is 0 Å². The van der Waals surface area contributed by atoms with Crippen molar-refractivity contribution in [3.05, 3.63) is 41.5 Å². The highest BCUT2D eigenvalue weighted by molar-refractivity contribution is 5.51. The van der Waals surface area contributed by atoms with Crippen molar-refractivity contribution in [1.29, 1.82) is 0 Å². The Labute approximate surface area is 174 Å². The van der Waals surface area contributed by atoms with E-state index in [1.54, 1.807) is 0 Å². The van der Waals surface area contributed by atoms with Gasteiger partial charge < -0.3 is 0 Å². The lowest BCUT2D eigenvalue weighted by molar-refractivity contribution is 0.154. The second kappa shape index (κ2) is 11.5. The Morgan fingerprint density at radius 3 is 2.07 bits per heavy atom. The molecule has 0 unspecified atom stereocenters. The highest BCUT2D eigenvalue weighted by Crippen LogP contribution is 2.42. The average Bonchev–Trinajstić information content (AvgIpc) is 2.75. The molecule has 0 amide bonds. The summed E-state index contributed by atoms with van der Waals surface area (Å²) >= 11 is 0. The van der Waals surface area contributed by atoms with Crippen LogP contribution >= 0.6 is 0 Å². The largest absolute Gasteiger partial charge is 0.0945 e. The van der Waals surface area contributed by atoms with Gasteiger partial charge in [0.1, 0.15) is 0 Å². The fraction of sp³-hybridized carbons (Fsp3) is 0.643. The molecule has 2 saturated carbocycles. The fourth-order valence-corrected chi connectivity index (χ4v) is 5.34. The Morgan fingerprint density at radius 1 is 0.821 bits per heavy atom. The molecule has 1 aromatic rings. The first kappa shape index (κ1) is 21.2. The second-order valence-corrected chi connectivity index (χ2v) is 9.26. The molecule has 0 aromatic heterocycles. The molecule has 28 heavy (non-hydrogen) atoms. The van der Waals surface area contributed by atoms with Gasteiger partial charge in [-0.2, -0.15) is 0 Å². The van der Waals surface area contributed by atoms with Crippen LogP contribution < -0.4 is 0 Å². The SMILES string of the molecule is CCC/C=C/c1ccc(C#CC2CCC(C3CCC(CCC)CC3)CC2)cc1. The van der Waals surface area contributed by atoms with Crippen LogP contribution in [0.5, 0.6) is 0 Å². The zero-order valence-electron chi connectivity index (χ0n) is 18.3. The normalized spacial score (nSPS) is 28.1. The third kappa shape index (κ3) is 6.55. The van der Waals surface area contributed by atoms with E-state index in [4.69, 9.17) is 0 Å². The number of benzene rings is 1. The van der Waals surface area contributed by atoms with Gasteiger partial charge in [0.05, 0.1) is 0 Å². The zero-order valence-corrected chi connectivity index (χ0v) is 18.3. The summed E-state index contributed by atoms with van der Waals surface area (Å²) in [7, 11) is 0. The molecule has 0 bridgehead atoms. The lowest BCUT2D eigenvalue weighted by atomic mass is 9.69. The number of unbranched alkanes of at least 4 members (excludes halogenated alkanes) is 1. The first-order valence-corrected chi connectivity index (χ1v) is 12.1. The van der Waals surface area contributed by atoms with Gasteiger partial charge in [0, 0.05) is 11.5 Å². The maximum absolute atomic E-state index is 3.59. The highest BCUT2D eigenvalue weighted by Gasteiger charge is 2.30. The molecule has 0 radical (unpaired) electrons. The van der Waals surface area contributed by atoms with Crippen molar-refractivity contribution in [3.8, 4) is 11.8 Å². The Morgan fingerprint density at radius 2 is 1.46 bits per heavy atom. The Kier molecular flexibility index (Phi) is 8.72. The van der Waals surface area contributed by atoms with Gasteiger partial charge in [-0.15, -0.1) is 0 Å². The molecule has 0 aliphatic heterocycles. The summed E-state index contributed by atoms with van der Waals surface area (Å²) in [5.74, 6) is 10.7. The van der Waals surface area contributed by atoms with E-state index in [-0.39, 0.29) is 0 Å². The van der Waals surface area contributed by atoms with E-state index in [0.29, 0.717) is 5.92 Å². The molecule has 0 N–H and O–H groups in total. The third-order valence-corrected chi connectivity index (χ3v) is 7.12. The molecule has 0 spiro atoms. The predicted octanol–water partition coefficient (Wildman–Crippen LogP) is 8.26. The van der Waals surface area contributed by atoms with Gasteiger partial charge in [0.2, 0.25) is 0 Å². The summed E-state index contributed by atoms with van der Waals surface area (Å²) in [6, 6.07) is 8.75. The molecule has 2 fully saturated rings. The molecule has 1 aromatic carbocycles. The van der Waals surface area contributed by atoms with Crippen molar-refractivity contribution in [1.82, 2.24) is 0 Å². The molecule has 0 heterocycles. The van der Waals surface area contributed by atoms with Crippen LogP contribution in [0.15, 0.2) is 30.3 Å². The number of hydrogen-bond donors (Lipinski definition) is 0. The average molecular weight is 377 g/mol.